The topological polar surface area (TPSA) is 70.6 Å². The standard InChI is InChI=1S/C17H16FN3O2/c1-12(14-5-3-2-4-6-14)20-16(22)17(23)21-19-11-13-7-9-15(18)10-8-13/h2-12H,1H3,(H,20,22)(H,21,23)/b19-11-/t12-/m1/s1. The predicted octanol–water partition coefficient (Wildman–Crippen LogP) is 2.15. The number of hydrazone groups is 1. The number of hydrogen-bond acceptors (Lipinski definition) is 3. The molecule has 2 aromatic rings. The molecule has 118 valence electrons. The first kappa shape index (κ1) is 16.4. The minimum absolute atomic E-state index is 0.296. The maximum atomic E-state index is 12.7. The maximum absolute atomic E-state index is 12.7. The highest BCUT2D eigenvalue weighted by atomic mass is 19.1. The van der Waals surface area contributed by atoms with Gasteiger partial charge in [0.05, 0.1) is 12.3 Å². The molecule has 0 aromatic heterocycles. The van der Waals surface area contributed by atoms with Crippen molar-refractivity contribution in [1.82, 2.24) is 10.7 Å². The monoisotopic (exact) mass is 313 g/mol. The van der Waals surface area contributed by atoms with Crippen LogP contribution in [-0.4, -0.2) is 18.0 Å². The molecular weight excluding hydrogens is 297 g/mol. The maximum Gasteiger partial charge on any atom is 0.329 e. The van der Waals surface area contributed by atoms with Crippen LogP contribution in [0.2, 0.25) is 0 Å². The van der Waals surface area contributed by atoms with E-state index in [1.54, 1.807) is 6.92 Å². The summed E-state index contributed by atoms with van der Waals surface area (Å²) < 4.78 is 12.7. The van der Waals surface area contributed by atoms with Crippen LogP contribution in [0.1, 0.15) is 24.1 Å². The van der Waals surface area contributed by atoms with Gasteiger partial charge in [-0.05, 0) is 30.2 Å². The quantitative estimate of drug-likeness (QED) is 0.516. The van der Waals surface area contributed by atoms with Gasteiger partial charge in [-0.25, -0.2) is 9.82 Å². The summed E-state index contributed by atoms with van der Waals surface area (Å²) in [7, 11) is 0. The Labute approximate surface area is 133 Å². The fourth-order valence-corrected chi connectivity index (χ4v) is 1.85. The molecule has 0 aliphatic heterocycles. The lowest BCUT2D eigenvalue weighted by Gasteiger charge is -2.13. The lowest BCUT2D eigenvalue weighted by Crippen LogP contribution is -2.39. The minimum atomic E-state index is -0.869. The number of carbonyl (C=O) groups excluding carboxylic acids is 2. The van der Waals surface area contributed by atoms with Gasteiger partial charge in [0.15, 0.2) is 0 Å². The Morgan fingerprint density at radius 3 is 2.35 bits per heavy atom. The van der Waals surface area contributed by atoms with Crippen LogP contribution in [0.3, 0.4) is 0 Å². The van der Waals surface area contributed by atoms with Crippen molar-refractivity contribution in [2.75, 3.05) is 0 Å². The summed E-state index contributed by atoms with van der Waals surface area (Å²) >= 11 is 0. The molecule has 0 saturated carbocycles. The fraction of sp³-hybridized carbons (Fsp3) is 0.118. The van der Waals surface area contributed by atoms with Crippen LogP contribution in [0.15, 0.2) is 59.7 Å². The number of halogens is 1. The minimum Gasteiger partial charge on any atom is -0.341 e. The SMILES string of the molecule is C[C@@H](NC(=O)C(=O)N/N=C\c1ccc(F)cc1)c1ccccc1. The summed E-state index contributed by atoms with van der Waals surface area (Å²) in [6.07, 6.45) is 1.32. The molecule has 0 aliphatic carbocycles. The molecule has 0 saturated heterocycles. The normalized spacial score (nSPS) is 11.9. The molecule has 0 spiro atoms. The predicted molar refractivity (Wildman–Crippen MR) is 85.1 cm³/mol. The number of nitrogens with one attached hydrogen (secondary N) is 2. The third-order valence-corrected chi connectivity index (χ3v) is 3.10. The van der Waals surface area contributed by atoms with E-state index in [0.717, 1.165) is 5.56 Å². The number of amides is 2. The third-order valence-electron chi connectivity index (χ3n) is 3.10. The van der Waals surface area contributed by atoms with Gasteiger partial charge in [-0.2, -0.15) is 5.10 Å². The average Bonchev–Trinajstić information content (AvgIpc) is 2.57. The van der Waals surface area contributed by atoms with Crippen molar-refractivity contribution in [3.05, 3.63) is 71.5 Å². The van der Waals surface area contributed by atoms with Gasteiger partial charge in [0, 0.05) is 0 Å². The molecule has 0 bridgehead atoms. The summed E-state index contributed by atoms with van der Waals surface area (Å²) in [5, 5.41) is 6.24. The molecule has 2 amide bonds. The van der Waals surface area contributed by atoms with Gasteiger partial charge in [-0.3, -0.25) is 9.59 Å². The van der Waals surface area contributed by atoms with E-state index in [-0.39, 0.29) is 11.9 Å². The lowest BCUT2D eigenvalue weighted by molar-refractivity contribution is -0.139. The van der Waals surface area contributed by atoms with Gasteiger partial charge in [0.25, 0.3) is 0 Å². The molecule has 1 atom stereocenters. The molecule has 0 fully saturated rings. The average molecular weight is 313 g/mol. The van der Waals surface area contributed by atoms with Gasteiger partial charge in [-0.15, -0.1) is 0 Å². The van der Waals surface area contributed by atoms with Crippen molar-refractivity contribution in [1.29, 1.82) is 0 Å². The van der Waals surface area contributed by atoms with Gasteiger partial charge < -0.3 is 5.32 Å². The zero-order valence-corrected chi connectivity index (χ0v) is 12.5. The van der Waals surface area contributed by atoms with E-state index in [4.69, 9.17) is 0 Å². The molecule has 2 N–H and O–H groups in total. The fourth-order valence-electron chi connectivity index (χ4n) is 1.85. The van der Waals surface area contributed by atoms with Gasteiger partial charge in [0.1, 0.15) is 5.82 Å². The number of nitrogens with zero attached hydrogens (tertiary/aromatic N) is 1. The van der Waals surface area contributed by atoms with Crippen molar-refractivity contribution >= 4 is 18.0 Å². The highest BCUT2D eigenvalue weighted by Gasteiger charge is 2.16. The number of benzene rings is 2. The summed E-state index contributed by atoms with van der Waals surface area (Å²) in [5.74, 6) is -2.01. The Morgan fingerprint density at radius 2 is 1.70 bits per heavy atom. The zero-order valence-electron chi connectivity index (χ0n) is 12.5. The Kier molecular flexibility index (Phi) is 5.57. The first-order valence-electron chi connectivity index (χ1n) is 7.00. The molecule has 0 unspecified atom stereocenters. The molecule has 0 aliphatic rings. The van der Waals surface area contributed by atoms with Crippen LogP contribution < -0.4 is 10.7 Å². The molecule has 2 aromatic carbocycles. The Bertz CT molecular complexity index is 700. The summed E-state index contributed by atoms with van der Waals surface area (Å²) in [6.45, 7) is 1.78. The number of carbonyl (C=O) groups is 2. The van der Waals surface area contributed by atoms with Crippen molar-refractivity contribution in [3.63, 3.8) is 0 Å². The second kappa shape index (κ2) is 7.84. The van der Waals surface area contributed by atoms with E-state index in [1.807, 2.05) is 30.3 Å². The smallest absolute Gasteiger partial charge is 0.329 e. The summed E-state index contributed by atoms with van der Waals surface area (Å²) in [6, 6.07) is 14.5. The van der Waals surface area contributed by atoms with Crippen LogP contribution in [0.4, 0.5) is 4.39 Å². The van der Waals surface area contributed by atoms with Crippen molar-refractivity contribution in [2.45, 2.75) is 13.0 Å². The van der Waals surface area contributed by atoms with Crippen molar-refractivity contribution < 1.29 is 14.0 Å². The van der Waals surface area contributed by atoms with E-state index >= 15 is 0 Å². The lowest BCUT2D eigenvalue weighted by atomic mass is 10.1. The van der Waals surface area contributed by atoms with E-state index in [0.29, 0.717) is 5.56 Å². The van der Waals surface area contributed by atoms with E-state index in [9.17, 15) is 14.0 Å². The molecule has 0 heterocycles. The summed E-state index contributed by atoms with van der Waals surface area (Å²) in [5.41, 5.74) is 3.62. The third kappa shape index (κ3) is 5.03. The Morgan fingerprint density at radius 1 is 1.04 bits per heavy atom. The van der Waals surface area contributed by atoms with Crippen molar-refractivity contribution in [3.8, 4) is 0 Å². The largest absolute Gasteiger partial charge is 0.341 e. The zero-order chi connectivity index (χ0) is 16.7. The van der Waals surface area contributed by atoms with E-state index in [2.05, 4.69) is 15.8 Å². The van der Waals surface area contributed by atoms with E-state index < -0.39 is 11.8 Å². The van der Waals surface area contributed by atoms with Gasteiger partial charge in [0.2, 0.25) is 0 Å². The van der Waals surface area contributed by atoms with Crippen LogP contribution >= 0.6 is 0 Å². The second-order valence-electron chi connectivity index (χ2n) is 4.86. The van der Waals surface area contributed by atoms with Crippen LogP contribution in [0, 0.1) is 5.82 Å². The molecule has 0 radical (unpaired) electrons. The Balaban J connectivity index is 1.85. The Hall–Kier alpha value is -3.02. The molecule has 5 nitrogen and oxygen atoms in total. The molecule has 23 heavy (non-hydrogen) atoms. The van der Waals surface area contributed by atoms with Crippen LogP contribution in [0.5, 0.6) is 0 Å². The van der Waals surface area contributed by atoms with Crippen LogP contribution in [0.25, 0.3) is 0 Å². The first-order valence-corrected chi connectivity index (χ1v) is 7.00. The highest BCUT2D eigenvalue weighted by molar-refractivity contribution is 6.35. The molecule has 2 rings (SSSR count). The number of hydrogen-bond donors (Lipinski definition) is 2. The second-order valence-corrected chi connectivity index (χ2v) is 4.86. The molecule has 6 heteroatoms. The highest BCUT2D eigenvalue weighted by Crippen LogP contribution is 2.10. The number of rotatable bonds is 4. The molecular formula is C17H16FN3O2. The summed E-state index contributed by atoms with van der Waals surface area (Å²) in [4.78, 5) is 23.4. The van der Waals surface area contributed by atoms with E-state index in [1.165, 1.54) is 30.5 Å². The van der Waals surface area contributed by atoms with Gasteiger partial charge in [-0.1, -0.05) is 42.5 Å². The van der Waals surface area contributed by atoms with Crippen LogP contribution in [-0.2, 0) is 9.59 Å². The van der Waals surface area contributed by atoms with Gasteiger partial charge >= 0.3 is 11.8 Å². The van der Waals surface area contributed by atoms with Crippen molar-refractivity contribution in [2.24, 2.45) is 5.10 Å². The first-order chi connectivity index (χ1) is 11.1.